The normalized spacial score (nSPS) is 23.3. The van der Waals surface area contributed by atoms with Gasteiger partial charge in [0.25, 0.3) is 0 Å². The molecule has 3 atom stereocenters. The Labute approximate surface area is 126 Å². The number of carbonyl (C=O) groups is 2. The number of rotatable bonds is 4. The monoisotopic (exact) mass is 339 g/mol. The molecule has 0 aromatic heterocycles. The molecule has 0 bridgehead atoms. The maximum Gasteiger partial charge on any atom is 0.307 e. The first kappa shape index (κ1) is 15.0. The molecule has 0 saturated heterocycles. The van der Waals surface area contributed by atoms with Gasteiger partial charge in [-0.1, -0.05) is 34.5 Å². The van der Waals surface area contributed by atoms with E-state index < -0.39 is 17.8 Å². The molecule has 108 valence electrons. The average molecular weight is 340 g/mol. The number of benzene rings is 1. The molecule has 1 amide bonds. The van der Waals surface area contributed by atoms with Gasteiger partial charge >= 0.3 is 5.97 Å². The van der Waals surface area contributed by atoms with E-state index in [2.05, 4.69) is 21.2 Å². The van der Waals surface area contributed by atoms with Crippen LogP contribution in [-0.4, -0.2) is 17.0 Å². The molecular formula is C15H18BrNO3. The van der Waals surface area contributed by atoms with E-state index >= 15 is 0 Å². The highest BCUT2D eigenvalue weighted by molar-refractivity contribution is 9.10. The molecule has 4 nitrogen and oxygen atoms in total. The Balaban J connectivity index is 2.00. The van der Waals surface area contributed by atoms with E-state index in [9.17, 15) is 9.59 Å². The predicted octanol–water partition coefficient (Wildman–Crippen LogP) is 3.13. The van der Waals surface area contributed by atoms with Crippen LogP contribution in [0.1, 0.15) is 37.8 Å². The van der Waals surface area contributed by atoms with Crippen LogP contribution in [0, 0.1) is 11.8 Å². The molecule has 1 aromatic rings. The van der Waals surface area contributed by atoms with E-state index in [-0.39, 0.29) is 11.9 Å². The fourth-order valence-electron chi connectivity index (χ4n) is 2.72. The summed E-state index contributed by atoms with van der Waals surface area (Å²) in [5.74, 6) is -1.94. The van der Waals surface area contributed by atoms with Crippen molar-refractivity contribution in [3.05, 3.63) is 34.3 Å². The lowest BCUT2D eigenvalue weighted by Gasteiger charge is -2.20. The Morgan fingerprint density at radius 3 is 2.45 bits per heavy atom. The third kappa shape index (κ3) is 3.39. The molecule has 1 saturated carbocycles. The van der Waals surface area contributed by atoms with Crippen LogP contribution in [0.2, 0.25) is 0 Å². The fraction of sp³-hybridized carbons (Fsp3) is 0.467. The lowest BCUT2D eigenvalue weighted by Crippen LogP contribution is -2.36. The van der Waals surface area contributed by atoms with Gasteiger partial charge in [-0.05, 0) is 37.5 Å². The summed E-state index contributed by atoms with van der Waals surface area (Å²) in [4.78, 5) is 23.4. The van der Waals surface area contributed by atoms with Crippen LogP contribution in [0.15, 0.2) is 28.7 Å². The number of aliphatic carboxylic acids is 1. The van der Waals surface area contributed by atoms with Crippen LogP contribution in [0.25, 0.3) is 0 Å². The van der Waals surface area contributed by atoms with Crippen molar-refractivity contribution in [1.29, 1.82) is 0 Å². The second-order valence-electron chi connectivity index (χ2n) is 5.26. The summed E-state index contributed by atoms with van der Waals surface area (Å²) in [6, 6.07) is 7.61. The summed E-state index contributed by atoms with van der Waals surface area (Å²) in [5.41, 5.74) is 1.01. The van der Waals surface area contributed by atoms with Gasteiger partial charge in [0.05, 0.1) is 17.9 Å². The number of nitrogens with one attached hydrogen (secondary N) is 1. The number of carboxylic acid groups (broad SMARTS) is 1. The van der Waals surface area contributed by atoms with Crippen LogP contribution in [-0.2, 0) is 9.59 Å². The molecule has 1 fully saturated rings. The minimum absolute atomic E-state index is 0.120. The van der Waals surface area contributed by atoms with Crippen molar-refractivity contribution >= 4 is 27.8 Å². The number of amides is 1. The molecule has 0 spiro atoms. The largest absolute Gasteiger partial charge is 0.481 e. The third-order valence-corrected chi connectivity index (χ3v) is 4.43. The van der Waals surface area contributed by atoms with Crippen LogP contribution in [0.4, 0.5) is 0 Å². The summed E-state index contributed by atoms with van der Waals surface area (Å²) in [7, 11) is 0. The molecule has 0 aliphatic heterocycles. The average Bonchev–Trinajstić information content (AvgIpc) is 2.88. The van der Waals surface area contributed by atoms with Crippen LogP contribution < -0.4 is 5.32 Å². The Bertz CT molecular complexity index is 500. The van der Waals surface area contributed by atoms with Crippen molar-refractivity contribution in [3.63, 3.8) is 0 Å². The predicted molar refractivity (Wildman–Crippen MR) is 79.2 cm³/mol. The first-order valence-electron chi connectivity index (χ1n) is 6.77. The zero-order valence-electron chi connectivity index (χ0n) is 11.3. The second-order valence-corrected chi connectivity index (χ2v) is 6.18. The van der Waals surface area contributed by atoms with Crippen molar-refractivity contribution in [2.45, 2.75) is 32.2 Å². The first-order valence-corrected chi connectivity index (χ1v) is 7.57. The van der Waals surface area contributed by atoms with Crippen LogP contribution in [0.5, 0.6) is 0 Å². The van der Waals surface area contributed by atoms with Crippen molar-refractivity contribution in [2.75, 3.05) is 0 Å². The van der Waals surface area contributed by atoms with E-state index in [0.29, 0.717) is 12.8 Å². The minimum Gasteiger partial charge on any atom is -0.481 e. The molecule has 1 aromatic carbocycles. The smallest absolute Gasteiger partial charge is 0.307 e. The number of hydrogen-bond acceptors (Lipinski definition) is 2. The maximum atomic E-state index is 12.2. The Kier molecular flexibility index (Phi) is 4.81. The van der Waals surface area contributed by atoms with Crippen molar-refractivity contribution in [2.24, 2.45) is 11.8 Å². The molecular weight excluding hydrogens is 322 g/mol. The Hall–Kier alpha value is -1.36. The number of hydrogen-bond donors (Lipinski definition) is 2. The highest BCUT2D eigenvalue weighted by Gasteiger charge is 2.38. The quantitative estimate of drug-likeness (QED) is 0.885. The van der Waals surface area contributed by atoms with Gasteiger partial charge in [-0.3, -0.25) is 9.59 Å². The number of halogens is 1. The van der Waals surface area contributed by atoms with E-state index in [1.807, 2.05) is 31.2 Å². The maximum absolute atomic E-state index is 12.2. The van der Waals surface area contributed by atoms with Gasteiger partial charge in [0.15, 0.2) is 0 Å². The van der Waals surface area contributed by atoms with Gasteiger partial charge in [-0.2, -0.15) is 0 Å². The first-order chi connectivity index (χ1) is 9.49. The van der Waals surface area contributed by atoms with Crippen molar-refractivity contribution < 1.29 is 14.7 Å². The summed E-state index contributed by atoms with van der Waals surface area (Å²) >= 11 is 3.37. The van der Waals surface area contributed by atoms with Gasteiger partial charge < -0.3 is 10.4 Å². The number of carbonyl (C=O) groups excluding carboxylic acids is 1. The second kappa shape index (κ2) is 6.39. The minimum atomic E-state index is -0.862. The van der Waals surface area contributed by atoms with E-state index in [4.69, 9.17) is 5.11 Å². The molecule has 2 unspecified atom stereocenters. The van der Waals surface area contributed by atoms with Crippen LogP contribution >= 0.6 is 15.9 Å². The summed E-state index contributed by atoms with van der Waals surface area (Å²) in [6.45, 7) is 1.91. The van der Waals surface area contributed by atoms with E-state index in [1.165, 1.54) is 0 Å². The Morgan fingerprint density at radius 2 is 1.85 bits per heavy atom. The summed E-state index contributed by atoms with van der Waals surface area (Å²) in [5, 5.41) is 12.1. The Morgan fingerprint density at radius 1 is 1.25 bits per heavy atom. The summed E-state index contributed by atoms with van der Waals surface area (Å²) < 4.78 is 0.988. The fourth-order valence-corrected chi connectivity index (χ4v) is 2.99. The lowest BCUT2D eigenvalue weighted by molar-refractivity contribution is -0.146. The standard InChI is InChI=1S/C15H18BrNO3/c1-9(10-5-7-11(16)8-6-10)17-14(18)12-3-2-4-13(12)15(19)20/h5-9,12-13H,2-4H2,1H3,(H,17,18)(H,19,20)/t9-,12?,13?/m0/s1. The van der Waals surface area contributed by atoms with Crippen LogP contribution in [0.3, 0.4) is 0 Å². The van der Waals surface area contributed by atoms with E-state index in [1.54, 1.807) is 0 Å². The third-order valence-electron chi connectivity index (χ3n) is 3.90. The van der Waals surface area contributed by atoms with Gasteiger partial charge in [-0.15, -0.1) is 0 Å². The van der Waals surface area contributed by atoms with Gasteiger partial charge in [0, 0.05) is 4.47 Å². The zero-order chi connectivity index (χ0) is 14.7. The SMILES string of the molecule is C[C@H](NC(=O)C1CCCC1C(=O)O)c1ccc(Br)cc1. The highest BCUT2D eigenvalue weighted by Crippen LogP contribution is 2.32. The van der Waals surface area contributed by atoms with E-state index in [0.717, 1.165) is 16.5 Å². The van der Waals surface area contributed by atoms with Crippen molar-refractivity contribution in [1.82, 2.24) is 5.32 Å². The van der Waals surface area contributed by atoms with Gasteiger partial charge in [0.1, 0.15) is 0 Å². The molecule has 2 rings (SSSR count). The molecule has 2 N–H and O–H groups in total. The molecule has 5 heteroatoms. The highest BCUT2D eigenvalue weighted by atomic mass is 79.9. The molecule has 20 heavy (non-hydrogen) atoms. The lowest BCUT2D eigenvalue weighted by atomic mass is 9.94. The zero-order valence-corrected chi connectivity index (χ0v) is 12.9. The molecule has 1 aliphatic carbocycles. The molecule has 0 heterocycles. The summed E-state index contributed by atoms with van der Waals surface area (Å²) in [6.07, 6.45) is 2.07. The van der Waals surface area contributed by atoms with Gasteiger partial charge in [0.2, 0.25) is 5.91 Å². The topological polar surface area (TPSA) is 66.4 Å². The molecule has 1 aliphatic rings. The van der Waals surface area contributed by atoms with Crippen molar-refractivity contribution in [3.8, 4) is 0 Å². The molecule has 0 radical (unpaired) electrons. The number of carboxylic acids is 1. The van der Waals surface area contributed by atoms with Gasteiger partial charge in [-0.25, -0.2) is 0 Å².